The van der Waals surface area contributed by atoms with Crippen LogP contribution in [-0.2, 0) is 11.3 Å². The second-order valence-corrected chi connectivity index (χ2v) is 4.36. The quantitative estimate of drug-likeness (QED) is 0.693. The molecule has 0 aromatic carbocycles. The summed E-state index contributed by atoms with van der Waals surface area (Å²) in [4.78, 5) is 11.3. The molecule has 0 aliphatic carbocycles. The molecule has 0 bridgehead atoms. The molecule has 0 spiro atoms. The number of hydrogen-bond acceptors (Lipinski definition) is 4. The fourth-order valence-corrected chi connectivity index (χ4v) is 1.61. The predicted octanol–water partition coefficient (Wildman–Crippen LogP) is 0.744. The predicted molar refractivity (Wildman–Crippen MR) is 66.1 cm³/mol. The summed E-state index contributed by atoms with van der Waals surface area (Å²) in [5.41, 5.74) is 0.414. The second kappa shape index (κ2) is 7.13. The lowest BCUT2D eigenvalue weighted by molar-refractivity contribution is -0.136. The van der Waals surface area contributed by atoms with Gasteiger partial charge in [0.2, 0.25) is 5.91 Å². The highest BCUT2D eigenvalue weighted by Crippen LogP contribution is 2.23. The average molecular weight is 294 g/mol. The zero-order valence-electron chi connectivity index (χ0n) is 10.9. The Balaban J connectivity index is 2.45. The van der Waals surface area contributed by atoms with E-state index in [4.69, 9.17) is 5.11 Å². The summed E-state index contributed by atoms with van der Waals surface area (Å²) >= 11 is 0. The molecule has 0 aliphatic heterocycles. The maximum atomic E-state index is 12.2. The van der Waals surface area contributed by atoms with Gasteiger partial charge in [-0.2, -0.15) is 18.3 Å². The molecule has 1 unspecified atom stereocenters. The number of aliphatic hydroxyl groups is 1. The monoisotopic (exact) mass is 294 g/mol. The van der Waals surface area contributed by atoms with Crippen molar-refractivity contribution in [3.8, 4) is 0 Å². The lowest BCUT2D eigenvalue weighted by Gasteiger charge is -2.15. The highest BCUT2D eigenvalue weighted by molar-refractivity contribution is 5.75. The first-order valence-electron chi connectivity index (χ1n) is 6.03. The molecule has 1 aromatic rings. The zero-order valence-corrected chi connectivity index (χ0v) is 10.9. The van der Waals surface area contributed by atoms with Gasteiger partial charge in [-0.1, -0.05) is 0 Å². The summed E-state index contributed by atoms with van der Waals surface area (Å²) in [5, 5.41) is 17.5. The van der Waals surface area contributed by atoms with Crippen LogP contribution >= 0.6 is 0 Å². The van der Waals surface area contributed by atoms with Crippen molar-refractivity contribution in [2.45, 2.75) is 32.1 Å². The van der Waals surface area contributed by atoms with E-state index in [1.54, 1.807) is 0 Å². The molecule has 0 aliphatic rings. The van der Waals surface area contributed by atoms with Gasteiger partial charge in [0.1, 0.15) is 6.54 Å². The van der Waals surface area contributed by atoms with Gasteiger partial charge in [-0.05, 0) is 6.92 Å². The Morgan fingerprint density at radius 3 is 2.85 bits per heavy atom. The molecule has 1 amide bonds. The van der Waals surface area contributed by atoms with Crippen LogP contribution in [0.15, 0.2) is 12.4 Å². The second-order valence-electron chi connectivity index (χ2n) is 4.36. The van der Waals surface area contributed by atoms with Gasteiger partial charge in [-0.25, -0.2) is 0 Å². The first-order valence-corrected chi connectivity index (χ1v) is 6.03. The molecule has 114 valence electrons. The minimum absolute atomic E-state index is 0.0602. The Hall–Kier alpha value is -1.77. The first kappa shape index (κ1) is 16.3. The summed E-state index contributed by atoms with van der Waals surface area (Å²) in [6.45, 7) is 1.34. The molecule has 6 nitrogen and oxygen atoms in total. The third-order valence-corrected chi connectivity index (χ3v) is 2.32. The van der Waals surface area contributed by atoms with Crippen molar-refractivity contribution in [3.63, 3.8) is 0 Å². The van der Waals surface area contributed by atoms with Crippen LogP contribution in [-0.4, -0.2) is 46.2 Å². The minimum Gasteiger partial charge on any atom is -0.395 e. The van der Waals surface area contributed by atoms with Crippen LogP contribution in [0.3, 0.4) is 0 Å². The lowest BCUT2D eigenvalue weighted by Crippen LogP contribution is -2.30. The third kappa shape index (κ3) is 6.41. The van der Waals surface area contributed by atoms with Gasteiger partial charge < -0.3 is 15.7 Å². The number of amides is 1. The normalized spacial score (nSPS) is 13.1. The molecule has 20 heavy (non-hydrogen) atoms. The van der Waals surface area contributed by atoms with E-state index in [0.29, 0.717) is 5.69 Å². The summed E-state index contributed by atoms with van der Waals surface area (Å²) in [7, 11) is 0. The maximum absolute atomic E-state index is 12.2. The van der Waals surface area contributed by atoms with E-state index in [1.165, 1.54) is 24.0 Å². The Morgan fingerprint density at radius 2 is 2.25 bits per heavy atom. The molecule has 9 heteroatoms. The minimum atomic E-state index is -4.23. The standard InChI is InChI=1S/C11H17F3N4O2/c1-8(4-11(12,13)14)17-9-5-16-18(6-9)7-10(20)15-2-3-19/h5-6,8,17,19H,2-4,7H2,1H3,(H,15,20). The highest BCUT2D eigenvalue weighted by atomic mass is 19.4. The highest BCUT2D eigenvalue weighted by Gasteiger charge is 2.30. The summed E-state index contributed by atoms with van der Waals surface area (Å²) in [5.74, 6) is -0.336. The largest absolute Gasteiger partial charge is 0.395 e. The number of alkyl halides is 3. The van der Waals surface area contributed by atoms with Crippen molar-refractivity contribution in [1.29, 1.82) is 0 Å². The van der Waals surface area contributed by atoms with Crippen LogP contribution in [0.25, 0.3) is 0 Å². The van der Waals surface area contributed by atoms with Gasteiger partial charge in [0.15, 0.2) is 0 Å². The SMILES string of the molecule is CC(CC(F)(F)F)Nc1cnn(CC(=O)NCCO)c1. The first-order chi connectivity index (χ1) is 9.30. The van der Waals surface area contributed by atoms with Crippen LogP contribution < -0.4 is 10.6 Å². The van der Waals surface area contributed by atoms with Gasteiger partial charge in [-0.3, -0.25) is 9.48 Å². The summed E-state index contributed by atoms with van der Waals surface area (Å²) in [6.07, 6.45) is -2.38. The van der Waals surface area contributed by atoms with Crippen LogP contribution in [0.1, 0.15) is 13.3 Å². The topological polar surface area (TPSA) is 79.2 Å². The Morgan fingerprint density at radius 1 is 1.55 bits per heavy atom. The number of aromatic nitrogens is 2. The van der Waals surface area contributed by atoms with Crippen LogP contribution in [0.2, 0.25) is 0 Å². The number of aliphatic hydroxyl groups excluding tert-OH is 1. The van der Waals surface area contributed by atoms with Gasteiger partial charge in [0.25, 0.3) is 0 Å². The van der Waals surface area contributed by atoms with E-state index in [0.717, 1.165) is 0 Å². The van der Waals surface area contributed by atoms with Gasteiger partial charge in [0.05, 0.1) is 24.9 Å². The third-order valence-electron chi connectivity index (χ3n) is 2.32. The fraction of sp³-hybridized carbons (Fsp3) is 0.636. The molecule has 0 saturated carbocycles. The number of nitrogens with zero attached hydrogens (tertiary/aromatic N) is 2. The molecule has 1 heterocycles. The van der Waals surface area contributed by atoms with Crippen molar-refractivity contribution in [3.05, 3.63) is 12.4 Å². The van der Waals surface area contributed by atoms with Crippen molar-refractivity contribution in [1.82, 2.24) is 15.1 Å². The molecule has 0 saturated heterocycles. The molecule has 1 atom stereocenters. The number of hydrogen-bond donors (Lipinski definition) is 3. The summed E-state index contributed by atoms with van der Waals surface area (Å²) in [6, 6.07) is -0.782. The van der Waals surface area contributed by atoms with E-state index < -0.39 is 18.6 Å². The van der Waals surface area contributed by atoms with Gasteiger partial charge in [-0.15, -0.1) is 0 Å². The average Bonchev–Trinajstić information content (AvgIpc) is 2.71. The van der Waals surface area contributed by atoms with Gasteiger partial charge in [0, 0.05) is 18.8 Å². The molecule has 1 aromatic heterocycles. The molecule has 1 rings (SSSR count). The number of rotatable bonds is 7. The zero-order chi connectivity index (χ0) is 15.2. The smallest absolute Gasteiger partial charge is 0.391 e. The van der Waals surface area contributed by atoms with E-state index in [9.17, 15) is 18.0 Å². The van der Waals surface area contributed by atoms with E-state index in [1.807, 2.05) is 0 Å². The van der Waals surface area contributed by atoms with E-state index >= 15 is 0 Å². The number of anilines is 1. The molecule has 3 N–H and O–H groups in total. The van der Waals surface area contributed by atoms with Crippen molar-refractivity contribution in [2.24, 2.45) is 0 Å². The number of halogens is 3. The van der Waals surface area contributed by atoms with E-state index in [-0.39, 0.29) is 25.6 Å². The fourth-order valence-electron chi connectivity index (χ4n) is 1.61. The molecule has 0 fully saturated rings. The number of carbonyl (C=O) groups excluding carboxylic acids is 1. The van der Waals surface area contributed by atoms with Crippen molar-refractivity contribution >= 4 is 11.6 Å². The lowest BCUT2D eigenvalue weighted by atomic mass is 10.2. The van der Waals surface area contributed by atoms with E-state index in [2.05, 4.69) is 15.7 Å². The molecular weight excluding hydrogens is 277 g/mol. The maximum Gasteiger partial charge on any atom is 0.391 e. The van der Waals surface area contributed by atoms with Crippen LogP contribution in [0, 0.1) is 0 Å². The summed E-state index contributed by atoms with van der Waals surface area (Å²) < 4.78 is 37.8. The number of carbonyl (C=O) groups is 1. The van der Waals surface area contributed by atoms with Gasteiger partial charge >= 0.3 is 6.18 Å². The Kier molecular flexibility index (Phi) is 5.81. The number of nitrogens with one attached hydrogen (secondary N) is 2. The van der Waals surface area contributed by atoms with Crippen molar-refractivity contribution in [2.75, 3.05) is 18.5 Å². The van der Waals surface area contributed by atoms with Crippen LogP contribution in [0.5, 0.6) is 0 Å². The van der Waals surface area contributed by atoms with Crippen molar-refractivity contribution < 1.29 is 23.1 Å². The Bertz CT molecular complexity index is 434. The molecular formula is C11H17F3N4O2. The van der Waals surface area contributed by atoms with Crippen LogP contribution in [0.4, 0.5) is 18.9 Å². The Labute approximate surface area is 114 Å². The molecule has 0 radical (unpaired) electrons.